The average Bonchev–Trinajstić information content (AvgIpc) is 4.00. The first-order valence-corrected chi connectivity index (χ1v) is 18.3. The second kappa shape index (κ2) is 14.2. The Bertz CT molecular complexity index is 2160. The number of aliphatic imine (C=N–C) groups is 1. The highest BCUT2D eigenvalue weighted by Gasteiger charge is 2.59. The zero-order valence-corrected chi connectivity index (χ0v) is 31.2. The number of guanidine groups is 1. The van der Waals surface area contributed by atoms with Crippen LogP contribution >= 0.6 is 11.6 Å². The smallest absolute Gasteiger partial charge is 0.394 e. The minimum atomic E-state index is -4.79. The predicted molar refractivity (Wildman–Crippen MR) is 191 cm³/mol. The molecule has 1 amide bonds. The predicted octanol–water partition coefficient (Wildman–Crippen LogP) is 7.73. The van der Waals surface area contributed by atoms with Gasteiger partial charge in [0.05, 0.1) is 35.1 Å². The summed E-state index contributed by atoms with van der Waals surface area (Å²) in [6, 6.07) is 9.08. The van der Waals surface area contributed by atoms with E-state index in [1.54, 1.807) is 23.1 Å². The molecule has 0 saturated heterocycles. The highest BCUT2D eigenvalue weighted by Crippen LogP contribution is 2.54. The highest BCUT2D eigenvalue weighted by atomic mass is 35.5. The van der Waals surface area contributed by atoms with Gasteiger partial charge in [-0.1, -0.05) is 55.8 Å². The van der Waals surface area contributed by atoms with Gasteiger partial charge in [0.2, 0.25) is 0 Å². The van der Waals surface area contributed by atoms with E-state index >= 15 is 0 Å². The molecule has 0 spiro atoms. The fraction of sp³-hybridized carbons (Fsp3) is 0.486. The van der Waals surface area contributed by atoms with E-state index in [4.69, 9.17) is 22.1 Å². The van der Waals surface area contributed by atoms with Crippen molar-refractivity contribution in [2.24, 2.45) is 21.6 Å². The first-order valence-electron chi connectivity index (χ1n) is 17.9. The Labute approximate surface area is 322 Å². The van der Waals surface area contributed by atoms with Gasteiger partial charge in [0, 0.05) is 16.5 Å². The lowest BCUT2D eigenvalue weighted by atomic mass is 9.74. The Morgan fingerprint density at radius 2 is 1.77 bits per heavy atom. The van der Waals surface area contributed by atoms with Crippen LogP contribution in [-0.4, -0.2) is 71.4 Å². The van der Waals surface area contributed by atoms with Crippen LogP contribution in [0.25, 0.3) is 22.6 Å². The summed E-state index contributed by atoms with van der Waals surface area (Å²) < 4.78 is 91.9. The fourth-order valence-corrected chi connectivity index (χ4v) is 7.27. The number of alkyl halides is 6. The molecule has 2 saturated carbocycles. The summed E-state index contributed by atoms with van der Waals surface area (Å²) in [4.78, 5) is 39.1. The molecule has 4 aromatic rings. The van der Waals surface area contributed by atoms with Crippen LogP contribution in [0.2, 0.25) is 5.02 Å². The van der Waals surface area contributed by atoms with Gasteiger partial charge in [-0.2, -0.15) is 46.7 Å². The lowest BCUT2D eigenvalue weighted by Crippen LogP contribution is -2.49. The van der Waals surface area contributed by atoms with Crippen molar-refractivity contribution in [3.63, 3.8) is 0 Å². The minimum absolute atomic E-state index is 0.0279. The van der Waals surface area contributed by atoms with Gasteiger partial charge in [0.25, 0.3) is 5.91 Å². The summed E-state index contributed by atoms with van der Waals surface area (Å²) in [5.74, 6) is -2.58. The molecule has 1 unspecified atom stereocenters. The maximum absolute atomic E-state index is 15.0. The molecule has 3 heterocycles. The molecular weight excluding hydrogens is 768 g/mol. The van der Waals surface area contributed by atoms with Crippen LogP contribution in [-0.2, 0) is 19.9 Å². The molecule has 56 heavy (non-hydrogen) atoms. The third-order valence-electron chi connectivity index (χ3n) is 11.0. The quantitative estimate of drug-likeness (QED) is 0.101. The normalized spacial score (nSPS) is 20.7. The van der Waals surface area contributed by atoms with Crippen LogP contribution in [0.5, 0.6) is 0 Å². The van der Waals surface area contributed by atoms with E-state index in [9.17, 15) is 35.9 Å². The van der Waals surface area contributed by atoms with E-state index in [0.717, 1.165) is 37.9 Å². The Hall–Kier alpha value is -5.00. The number of aromatic nitrogens is 6. The van der Waals surface area contributed by atoms with Crippen LogP contribution in [0, 0.1) is 10.8 Å². The number of esters is 1. The first-order chi connectivity index (χ1) is 26.4. The molecule has 3 atom stereocenters. The van der Waals surface area contributed by atoms with E-state index in [0.29, 0.717) is 28.8 Å². The lowest BCUT2D eigenvalue weighted by molar-refractivity contribution is -0.218. The lowest BCUT2D eigenvalue weighted by Gasteiger charge is -2.37. The Kier molecular flexibility index (Phi) is 9.94. The molecule has 2 N–H and O–H groups in total. The Morgan fingerprint density at radius 1 is 1.07 bits per heavy atom. The molecule has 0 radical (unpaired) electrons. The minimum Gasteiger partial charge on any atom is -0.463 e. The molecule has 19 heteroatoms. The molecule has 0 bridgehead atoms. The van der Waals surface area contributed by atoms with E-state index < -0.39 is 72.2 Å². The monoisotopic (exact) mass is 805 g/mol. The van der Waals surface area contributed by atoms with Gasteiger partial charge in [-0.15, -0.1) is 0 Å². The van der Waals surface area contributed by atoms with Crippen molar-refractivity contribution in [2.45, 2.75) is 95.8 Å². The van der Waals surface area contributed by atoms with Gasteiger partial charge < -0.3 is 10.5 Å². The number of carbonyl (C=O) groups is 2. The van der Waals surface area contributed by atoms with Crippen molar-refractivity contribution in [1.82, 2.24) is 34.7 Å². The van der Waals surface area contributed by atoms with Crippen molar-refractivity contribution >= 4 is 29.4 Å². The van der Waals surface area contributed by atoms with E-state index in [1.165, 1.54) is 37.3 Å². The second-order valence-electron chi connectivity index (χ2n) is 15.3. The van der Waals surface area contributed by atoms with E-state index in [2.05, 4.69) is 25.3 Å². The molecule has 298 valence electrons. The zero-order valence-electron chi connectivity index (χ0n) is 30.5. The van der Waals surface area contributed by atoms with Gasteiger partial charge >= 0.3 is 18.7 Å². The van der Waals surface area contributed by atoms with Crippen LogP contribution in [0.15, 0.2) is 60.0 Å². The number of nitrogens with two attached hydrogens (primary N) is 1. The number of hydrogen-bond acceptors (Lipinski definition) is 9. The third kappa shape index (κ3) is 7.23. The average molecular weight is 806 g/mol. The molecule has 12 nitrogen and oxygen atoms in total. The summed E-state index contributed by atoms with van der Waals surface area (Å²) in [5, 5.41) is 12.3. The van der Waals surface area contributed by atoms with Crippen molar-refractivity contribution < 1.29 is 40.7 Å². The number of nitrogens with zero attached hydrogens (tertiary/aromatic N) is 8. The SMILES string of the molecule is CC(F)C1(CC(=O)OC[C@H](c2ccc(Cl)c(-c3ncnn3C(F)F)c2)N2C(=O)[C@@](CC(C)(C)C(F)(F)F)(c3ccc(-c4cnn(C5CC5)n4)cc3)N=C2N)CC1. The maximum Gasteiger partial charge on any atom is 0.394 e. The second-order valence-corrected chi connectivity index (χ2v) is 15.7. The number of amides is 1. The molecule has 1 aliphatic heterocycles. The highest BCUT2D eigenvalue weighted by molar-refractivity contribution is 6.33. The molecular formula is C37H38ClF6N9O3. The largest absolute Gasteiger partial charge is 0.463 e. The fourth-order valence-electron chi connectivity index (χ4n) is 7.07. The van der Waals surface area contributed by atoms with Crippen LogP contribution in [0.1, 0.15) is 89.1 Å². The standard InChI is InChI=1S/C37H38ClF6N9O3/c1-20(39)35(12-13-35)15-29(54)56-17-28(22-6-11-26(38)25(14-22)30-46-19-48-52(30)32(40)41)51-31(55)36(49-33(51)45,18-34(2,3)37(42,43)44)23-7-4-21(5-8-23)27-16-47-53(50-27)24-9-10-24/h4-8,11,14,16,19-20,24,28,32H,9-10,12-13,15,17-18H2,1-3H3,(H2,45,49)/t20?,28-,36-/m1/s1. The van der Waals surface area contributed by atoms with E-state index in [-0.39, 0.29) is 40.0 Å². The molecule has 7 rings (SSSR count). The molecule has 3 aliphatic rings. The van der Waals surface area contributed by atoms with Crippen molar-refractivity contribution in [1.29, 1.82) is 0 Å². The van der Waals surface area contributed by atoms with Crippen LogP contribution in [0.4, 0.5) is 26.3 Å². The van der Waals surface area contributed by atoms with Crippen LogP contribution in [0.3, 0.4) is 0 Å². The molecule has 2 fully saturated rings. The molecule has 2 aromatic heterocycles. The maximum atomic E-state index is 15.0. The van der Waals surface area contributed by atoms with Crippen molar-refractivity contribution in [3.05, 3.63) is 71.1 Å². The van der Waals surface area contributed by atoms with Crippen molar-refractivity contribution in [2.75, 3.05) is 6.61 Å². The summed E-state index contributed by atoms with van der Waals surface area (Å²) in [6.07, 6.45) is -1.90. The Balaban J connectivity index is 1.29. The zero-order chi connectivity index (χ0) is 40.4. The first kappa shape index (κ1) is 39.2. The summed E-state index contributed by atoms with van der Waals surface area (Å²) in [6.45, 7) is -0.472. The number of halogens is 7. The molecule has 2 aliphatic carbocycles. The van der Waals surface area contributed by atoms with Gasteiger partial charge in [0.1, 0.15) is 24.8 Å². The number of carbonyl (C=O) groups excluding carboxylic acids is 2. The molecule has 2 aromatic carbocycles. The number of ether oxygens (including phenoxy) is 1. The summed E-state index contributed by atoms with van der Waals surface area (Å²) in [7, 11) is 0. The summed E-state index contributed by atoms with van der Waals surface area (Å²) in [5.41, 5.74) is 2.20. The number of rotatable bonds is 14. The van der Waals surface area contributed by atoms with Crippen LogP contribution < -0.4 is 5.73 Å². The Morgan fingerprint density at radius 3 is 2.38 bits per heavy atom. The number of benzene rings is 2. The van der Waals surface area contributed by atoms with E-state index in [1.807, 2.05) is 0 Å². The van der Waals surface area contributed by atoms with Gasteiger partial charge in [0.15, 0.2) is 17.3 Å². The summed E-state index contributed by atoms with van der Waals surface area (Å²) >= 11 is 6.45. The third-order valence-corrected chi connectivity index (χ3v) is 11.3. The van der Waals surface area contributed by atoms with Gasteiger partial charge in [-0.25, -0.2) is 14.4 Å². The number of hydrogen-bond donors (Lipinski definition) is 1. The van der Waals surface area contributed by atoms with Crippen molar-refractivity contribution in [3.8, 4) is 22.6 Å². The van der Waals surface area contributed by atoms with Gasteiger partial charge in [-0.3, -0.25) is 14.5 Å². The van der Waals surface area contributed by atoms with Gasteiger partial charge in [-0.05, 0) is 62.3 Å². The topological polar surface area (TPSA) is 146 Å².